The van der Waals surface area contributed by atoms with Crippen LogP contribution in [-0.2, 0) is 11.8 Å². The fourth-order valence-corrected chi connectivity index (χ4v) is 3.71. The third-order valence-corrected chi connectivity index (χ3v) is 5.65. The number of thioether (sulfide) groups is 1. The summed E-state index contributed by atoms with van der Waals surface area (Å²) in [5.41, 5.74) is 3.10. The molecule has 1 atom stereocenters. The number of hydrogen-bond acceptors (Lipinski definition) is 6. The van der Waals surface area contributed by atoms with Crippen LogP contribution in [0.1, 0.15) is 18.2 Å². The standard InChI is InChI=1S/C17H19N5OS2/c1-10-5-7-13(8-6-10)14-20-21-17(22(14)4)25-12(3)15(23)19-16-18-11(2)9-24-16/h5-9,12H,1-4H3,(H,18,19,23)/t12-/m1/s1. The highest BCUT2D eigenvalue weighted by Gasteiger charge is 2.20. The van der Waals surface area contributed by atoms with Gasteiger partial charge in [0, 0.05) is 18.0 Å². The van der Waals surface area contributed by atoms with Gasteiger partial charge in [-0.25, -0.2) is 4.98 Å². The van der Waals surface area contributed by atoms with Crippen LogP contribution in [0.3, 0.4) is 0 Å². The van der Waals surface area contributed by atoms with E-state index in [4.69, 9.17) is 0 Å². The lowest BCUT2D eigenvalue weighted by atomic mass is 10.1. The summed E-state index contributed by atoms with van der Waals surface area (Å²) in [6.45, 7) is 5.79. The number of thiazole rings is 1. The van der Waals surface area contributed by atoms with E-state index in [0.717, 1.165) is 17.1 Å². The number of amides is 1. The second-order valence-corrected chi connectivity index (χ2v) is 7.94. The number of benzene rings is 1. The average molecular weight is 374 g/mol. The van der Waals surface area contributed by atoms with Crippen LogP contribution in [0, 0.1) is 13.8 Å². The van der Waals surface area contributed by atoms with Gasteiger partial charge in [-0.1, -0.05) is 41.6 Å². The number of carbonyl (C=O) groups is 1. The van der Waals surface area contributed by atoms with Gasteiger partial charge in [-0.3, -0.25) is 4.79 Å². The first kappa shape index (κ1) is 17.6. The minimum Gasteiger partial charge on any atom is -0.305 e. The molecule has 0 aliphatic carbocycles. The molecule has 0 saturated carbocycles. The van der Waals surface area contributed by atoms with E-state index in [9.17, 15) is 4.79 Å². The highest BCUT2D eigenvalue weighted by molar-refractivity contribution is 8.00. The molecule has 0 unspecified atom stereocenters. The summed E-state index contributed by atoms with van der Waals surface area (Å²) >= 11 is 2.80. The number of carbonyl (C=O) groups excluding carboxylic acids is 1. The third kappa shape index (κ3) is 4.08. The van der Waals surface area contributed by atoms with Crippen LogP contribution in [0.5, 0.6) is 0 Å². The number of nitrogens with one attached hydrogen (secondary N) is 1. The molecule has 0 spiro atoms. The van der Waals surface area contributed by atoms with Gasteiger partial charge in [0.15, 0.2) is 16.1 Å². The van der Waals surface area contributed by atoms with Crippen LogP contribution in [-0.4, -0.2) is 30.9 Å². The van der Waals surface area contributed by atoms with Gasteiger partial charge in [0.1, 0.15) is 0 Å². The molecule has 6 nitrogen and oxygen atoms in total. The zero-order chi connectivity index (χ0) is 18.0. The Kier molecular flexibility index (Phi) is 5.19. The lowest BCUT2D eigenvalue weighted by Gasteiger charge is -2.10. The van der Waals surface area contributed by atoms with E-state index >= 15 is 0 Å². The van der Waals surface area contributed by atoms with Crippen molar-refractivity contribution in [3.8, 4) is 11.4 Å². The maximum absolute atomic E-state index is 12.3. The summed E-state index contributed by atoms with van der Waals surface area (Å²) in [6.07, 6.45) is 0. The van der Waals surface area contributed by atoms with Crippen molar-refractivity contribution >= 4 is 34.1 Å². The molecule has 0 aliphatic heterocycles. The minimum atomic E-state index is -0.307. The molecule has 0 saturated heterocycles. The van der Waals surface area contributed by atoms with Crippen molar-refractivity contribution in [1.29, 1.82) is 0 Å². The molecule has 0 radical (unpaired) electrons. The summed E-state index contributed by atoms with van der Waals surface area (Å²) in [5.74, 6) is 0.685. The van der Waals surface area contributed by atoms with Crippen LogP contribution in [0.25, 0.3) is 11.4 Å². The van der Waals surface area contributed by atoms with E-state index in [1.807, 2.05) is 62.0 Å². The Labute approximate surface area is 154 Å². The fourth-order valence-electron chi connectivity index (χ4n) is 2.20. The highest BCUT2D eigenvalue weighted by Crippen LogP contribution is 2.26. The van der Waals surface area contributed by atoms with Crippen LogP contribution in [0.15, 0.2) is 34.8 Å². The summed E-state index contributed by atoms with van der Waals surface area (Å²) in [7, 11) is 1.91. The molecule has 3 aromatic rings. The van der Waals surface area contributed by atoms with E-state index in [0.29, 0.717) is 10.3 Å². The van der Waals surface area contributed by atoms with Gasteiger partial charge >= 0.3 is 0 Å². The van der Waals surface area contributed by atoms with Gasteiger partial charge in [-0.2, -0.15) is 0 Å². The summed E-state index contributed by atoms with van der Waals surface area (Å²) in [4.78, 5) is 16.6. The van der Waals surface area contributed by atoms with Crippen molar-refractivity contribution in [3.05, 3.63) is 40.9 Å². The van der Waals surface area contributed by atoms with Crippen LogP contribution in [0.4, 0.5) is 5.13 Å². The maximum atomic E-state index is 12.3. The van der Waals surface area contributed by atoms with Crippen molar-refractivity contribution in [1.82, 2.24) is 19.7 Å². The SMILES string of the molecule is Cc1ccc(-c2nnc(S[C@H](C)C(=O)Nc3nc(C)cs3)n2C)cc1. The van der Waals surface area contributed by atoms with E-state index in [1.165, 1.54) is 28.7 Å². The summed E-state index contributed by atoms with van der Waals surface area (Å²) in [5, 5.41) is 14.3. The predicted molar refractivity (Wildman–Crippen MR) is 102 cm³/mol. The Morgan fingerprint density at radius 2 is 1.96 bits per heavy atom. The number of aryl methyl sites for hydroxylation is 2. The third-order valence-electron chi connectivity index (χ3n) is 3.65. The Hall–Kier alpha value is -2.19. The summed E-state index contributed by atoms with van der Waals surface area (Å²) in [6, 6.07) is 8.13. The van der Waals surface area contributed by atoms with Gasteiger partial charge in [-0.15, -0.1) is 21.5 Å². The second-order valence-electron chi connectivity index (χ2n) is 5.77. The Bertz CT molecular complexity index is 885. The number of nitrogens with zero attached hydrogens (tertiary/aromatic N) is 4. The minimum absolute atomic E-state index is 0.0979. The molecule has 8 heteroatoms. The van der Waals surface area contributed by atoms with Crippen LogP contribution >= 0.6 is 23.1 Å². The molecule has 0 aliphatic rings. The van der Waals surface area contributed by atoms with Crippen molar-refractivity contribution in [3.63, 3.8) is 0 Å². The van der Waals surface area contributed by atoms with Crippen molar-refractivity contribution < 1.29 is 4.79 Å². The Morgan fingerprint density at radius 3 is 2.60 bits per heavy atom. The zero-order valence-corrected chi connectivity index (χ0v) is 16.1. The molecule has 1 aromatic carbocycles. The molecule has 2 aromatic heterocycles. The Balaban J connectivity index is 1.70. The van der Waals surface area contributed by atoms with E-state index in [1.54, 1.807) is 0 Å². The molecule has 3 rings (SSSR count). The molecule has 0 fully saturated rings. The monoisotopic (exact) mass is 373 g/mol. The quantitative estimate of drug-likeness (QED) is 0.691. The molecule has 2 heterocycles. The zero-order valence-electron chi connectivity index (χ0n) is 14.5. The van der Waals surface area contributed by atoms with E-state index in [-0.39, 0.29) is 11.2 Å². The average Bonchev–Trinajstić information content (AvgIpc) is 3.15. The molecular formula is C17H19N5OS2. The topological polar surface area (TPSA) is 72.7 Å². The highest BCUT2D eigenvalue weighted by atomic mass is 32.2. The predicted octanol–water partition coefficient (Wildman–Crippen LogP) is 3.67. The fraction of sp³-hybridized carbons (Fsp3) is 0.294. The van der Waals surface area contributed by atoms with Gasteiger partial charge in [0.25, 0.3) is 0 Å². The van der Waals surface area contributed by atoms with E-state index in [2.05, 4.69) is 20.5 Å². The molecule has 0 bridgehead atoms. The van der Waals surface area contributed by atoms with Crippen molar-refractivity contribution in [2.24, 2.45) is 7.05 Å². The van der Waals surface area contributed by atoms with Gasteiger partial charge in [0.2, 0.25) is 5.91 Å². The first-order valence-corrected chi connectivity index (χ1v) is 9.56. The smallest absolute Gasteiger partial charge is 0.239 e. The Morgan fingerprint density at radius 1 is 1.24 bits per heavy atom. The van der Waals surface area contributed by atoms with Crippen LogP contribution < -0.4 is 5.32 Å². The number of hydrogen-bond donors (Lipinski definition) is 1. The van der Waals surface area contributed by atoms with Gasteiger partial charge < -0.3 is 9.88 Å². The maximum Gasteiger partial charge on any atom is 0.239 e. The van der Waals surface area contributed by atoms with Crippen molar-refractivity contribution in [2.75, 3.05) is 5.32 Å². The van der Waals surface area contributed by atoms with Crippen molar-refractivity contribution in [2.45, 2.75) is 31.2 Å². The number of rotatable bonds is 5. The molecule has 1 amide bonds. The van der Waals surface area contributed by atoms with Crippen LogP contribution in [0.2, 0.25) is 0 Å². The van der Waals surface area contributed by atoms with Gasteiger partial charge in [-0.05, 0) is 20.8 Å². The molecular weight excluding hydrogens is 354 g/mol. The largest absolute Gasteiger partial charge is 0.305 e. The normalized spacial score (nSPS) is 12.2. The number of anilines is 1. The number of aromatic nitrogens is 4. The lowest BCUT2D eigenvalue weighted by molar-refractivity contribution is -0.115. The first-order chi connectivity index (χ1) is 11.9. The lowest BCUT2D eigenvalue weighted by Crippen LogP contribution is -2.22. The second kappa shape index (κ2) is 7.37. The van der Waals surface area contributed by atoms with E-state index < -0.39 is 0 Å². The first-order valence-electron chi connectivity index (χ1n) is 7.80. The summed E-state index contributed by atoms with van der Waals surface area (Å²) < 4.78 is 1.91. The molecule has 1 N–H and O–H groups in total. The molecule has 25 heavy (non-hydrogen) atoms. The van der Waals surface area contributed by atoms with Gasteiger partial charge in [0.05, 0.1) is 10.9 Å². The molecule has 130 valence electrons.